The van der Waals surface area contributed by atoms with Gasteiger partial charge in [0.25, 0.3) is 0 Å². The van der Waals surface area contributed by atoms with Crippen LogP contribution in [0.1, 0.15) is 5.56 Å². The van der Waals surface area contributed by atoms with Crippen molar-refractivity contribution < 1.29 is 35.1 Å². The lowest BCUT2D eigenvalue weighted by Crippen LogP contribution is -2.59. The van der Waals surface area contributed by atoms with Gasteiger partial charge >= 0.3 is 21.7 Å². The van der Waals surface area contributed by atoms with E-state index in [4.69, 9.17) is 5.73 Å². The van der Waals surface area contributed by atoms with E-state index >= 15 is 0 Å². The van der Waals surface area contributed by atoms with Gasteiger partial charge in [-0.2, -0.15) is 35.1 Å². The predicted octanol–water partition coefficient (Wildman–Crippen LogP) is 4.66. The van der Waals surface area contributed by atoms with Crippen LogP contribution < -0.4 is 5.73 Å². The van der Waals surface area contributed by atoms with E-state index < -0.39 is 32.9 Å². The molecule has 0 aliphatic carbocycles. The normalized spacial score (nSPS) is 14.4. The largest absolute Gasteiger partial charge is 0.398 e. The van der Waals surface area contributed by atoms with Gasteiger partial charge in [-0.15, -0.1) is 0 Å². The number of anilines is 1. The van der Waals surface area contributed by atoms with E-state index in [0.717, 1.165) is 18.2 Å². The molecule has 1 aromatic carbocycles. The standard InChI is InChI=1S/C10H6F8IN/c11-7(12,5-3-1-2-4-6(5)20)8(13,14)9(15,16)10(17,18)19/h1-4H,20H2. The first kappa shape index (κ1) is 17.2. The summed E-state index contributed by atoms with van der Waals surface area (Å²) in [4.78, 5) is 0. The molecule has 10 heteroatoms. The van der Waals surface area contributed by atoms with Gasteiger partial charge in [-0.05, 0) is 6.07 Å². The third kappa shape index (κ3) is 2.42. The monoisotopic (exact) mass is 419 g/mol. The van der Waals surface area contributed by atoms with Gasteiger partial charge in [-0.1, -0.05) is 18.2 Å². The van der Waals surface area contributed by atoms with Crippen LogP contribution in [0.15, 0.2) is 24.3 Å². The van der Waals surface area contributed by atoms with Gasteiger partial charge in [0.05, 0.1) is 5.56 Å². The first-order chi connectivity index (χ1) is 8.77. The van der Waals surface area contributed by atoms with E-state index in [1.807, 2.05) is 0 Å². The highest BCUT2D eigenvalue weighted by molar-refractivity contribution is 14.1. The van der Waals surface area contributed by atoms with Gasteiger partial charge < -0.3 is 5.73 Å². The van der Waals surface area contributed by atoms with Gasteiger partial charge in [-0.25, -0.2) is 0 Å². The molecule has 0 atom stereocenters. The van der Waals surface area contributed by atoms with Gasteiger partial charge in [0, 0.05) is 28.3 Å². The molecule has 20 heavy (non-hydrogen) atoms. The molecule has 1 aromatic rings. The van der Waals surface area contributed by atoms with Gasteiger partial charge in [-0.3, -0.25) is 0 Å². The van der Waals surface area contributed by atoms with Crippen molar-refractivity contribution in [2.75, 3.05) is 5.73 Å². The van der Waals surface area contributed by atoms with Crippen molar-refractivity contribution in [1.82, 2.24) is 0 Å². The molecule has 0 aliphatic rings. The molecule has 0 radical (unpaired) electrons. The summed E-state index contributed by atoms with van der Waals surface area (Å²) in [6, 6.07) is 3.07. The van der Waals surface area contributed by atoms with E-state index in [1.165, 1.54) is 0 Å². The van der Waals surface area contributed by atoms with Crippen LogP contribution in [0.25, 0.3) is 0 Å². The Morgan fingerprint density at radius 2 is 1.25 bits per heavy atom. The van der Waals surface area contributed by atoms with Crippen LogP contribution in [0, 0.1) is 0 Å². The molecule has 0 saturated carbocycles. The van der Waals surface area contributed by atoms with Crippen molar-refractivity contribution in [2.45, 2.75) is 21.7 Å². The zero-order chi connectivity index (χ0) is 16.0. The second-order valence-corrected chi connectivity index (χ2v) is 5.16. The highest BCUT2D eigenvalue weighted by Crippen LogP contribution is 2.58. The van der Waals surface area contributed by atoms with Crippen LogP contribution in [0.3, 0.4) is 0 Å². The average molecular weight is 419 g/mol. The minimum absolute atomic E-state index is 0.315. The number of alkyl halides is 9. The summed E-state index contributed by atoms with van der Waals surface area (Å²) in [5.74, 6) is -18.2. The first-order valence-corrected chi connectivity index (χ1v) is 5.90. The lowest BCUT2D eigenvalue weighted by molar-refractivity contribution is -0.347. The minimum atomic E-state index is -6.33. The van der Waals surface area contributed by atoms with Crippen LogP contribution in [0.4, 0.5) is 40.8 Å². The maximum absolute atomic E-state index is 13.6. The fourth-order valence-corrected chi connectivity index (χ4v) is 1.67. The second kappa shape index (κ2) is 4.88. The highest BCUT2D eigenvalue weighted by Gasteiger charge is 2.80. The fraction of sp³-hybridized carbons (Fsp3) is 0.400. The molecule has 2 N–H and O–H groups in total. The summed E-state index contributed by atoms with van der Waals surface area (Å²) in [6.07, 6.45) is 0. The van der Waals surface area contributed by atoms with Gasteiger partial charge in [0.15, 0.2) is 0 Å². The summed E-state index contributed by atoms with van der Waals surface area (Å²) in [7, 11) is 0. The maximum atomic E-state index is 13.6. The highest BCUT2D eigenvalue weighted by atomic mass is 127. The molecule has 1 rings (SSSR count). The zero-order valence-corrected chi connectivity index (χ0v) is 11.4. The number of benzene rings is 1. The van der Waals surface area contributed by atoms with Crippen LogP contribution in [-0.4, -0.2) is 15.8 Å². The molecule has 0 aromatic heterocycles. The minimum Gasteiger partial charge on any atom is -0.398 e. The van der Waals surface area contributed by atoms with E-state index in [0.29, 0.717) is 6.07 Å². The summed E-state index contributed by atoms with van der Waals surface area (Å²) in [5.41, 5.74) is 2.45. The molecule has 114 valence electrons. The smallest absolute Gasteiger partial charge is 0.387 e. The van der Waals surface area contributed by atoms with Crippen molar-refractivity contribution in [3.8, 4) is 0 Å². The van der Waals surface area contributed by atoms with Crippen molar-refractivity contribution in [2.24, 2.45) is 0 Å². The van der Waals surface area contributed by atoms with Crippen LogP contribution in [0.2, 0.25) is 0 Å². The molecule has 0 saturated heterocycles. The second-order valence-electron chi connectivity index (χ2n) is 3.81. The Bertz CT molecular complexity index is 496. The maximum Gasteiger partial charge on any atom is 0.387 e. The van der Waals surface area contributed by atoms with E-state index in [2.05, 4.69) is 0 Å². The molecule has 0 spiro atoms. The summed E-state index contributed by atoms with van der Waals surface area (Å²) >= 11 is -0.315. The quantitative estimate of drug-likeness (QED) is 0.327. The third-order valence-electron chi connectivity index (χ3n) is 2.44. The Balaban J connectivity index is 3.44. The summed E-state index contributed by atoms with van der Waals surface area (Å²) in [6.45, 7) is 0. The lowest BCUT2D eigenvalue weighted by Gasteiger charge is -2.35. The molecule has 0 amide bonds. The summed E-state index contributed by atoms with van der Waals surface area (Å²) in [5, 5.41) is 0. The van der Waals surface area contributed by atoms with Crippen LogP contribution in [0.5, 0.6) is 0 Å². The Morgan fingerprint density at radius 1 is 0.800 bits per heavy atom. The molecular formula is C10H6F8IN. The van der Waals surface area contributed by atoms with E-state index in [9.17, 15) is 35.1 Å². The molecule has 0 unspecified atom stereocenters. The number of rotatable bonds is 4. The van der Waals surface area contributed by atoms with Crippen LogP contribution >= 0.6 is 22.6 Å². The van der Waals surface area contributed by atoms with Crippen molar-refractivity contribution in [3.05, 3.63) is 29.8 Å². The zero-order valence-electron chi connectivity index (χ0n) is 9.29. The topological polar surface area (TPSA) is 26.0 Å². The van der Waals surface area contributed by atoms with Gasteiger partial charge in [0.2, 0.25) is 0 Å². The Morgan fingerprint density at radius 3 is 1.65 bits per heavy atom. The molecule has 0 heterocycles. The SMILES string of the molecule is Nc1ccccc1C(F)(F)C(F)(F)C(F)(F)C(F)(F)I. The van der Waals surface area contributed by atoms with Crippen molar-refractivity contribution >= 4 is 28.3 Å². The molecule has 0 bridgehead atoms. The Kier molecular flexibility index (Phi) is 4.21. The molecular weight excluding hydrogens is 413 g/mol. The van der Waals surface area contributed by atoms with E-state index in [-0.39, 0.29) is 22.6 Å². The Labute approximate surface area is 121 Å². The molecule has 0 fully saturated rings. The summed E-state index contributed by atoms with van der Waals surface area (Å²) < 4.78 is 99.4. The number of para-hydroxylation sites is 1. The van der Waals surface area contributed by atoms with Gasteiger partial charge in [0.1, 0.15) is 0 Å². The fourth-order valence-electron chi connectivity index (χ4n) is 1.33. The number of nitrogens with two attached hydrogens (primary N) is 1. The average Bonchev–Trinajstić information content (AvgIpc) is 2.27. The number of hydrogen-bond donors (Lipinski definition) is 1. The number of hydrogen-bond acceptors (Lipinski definition) is 1. The lowest BCUT2D eigenvalue weighted by atomic mass is 9.96. The third-order valence-corrected chi connectivity index (χ3v) is 3.12. The number of halogens is 9. The van der Waals surface area contributed by atoms with Crippen LogP contribution in [-0.2, 0) is 5.92 Å². The van der Waals surface area contributed by atoms with Crippen molar-refractivity contribution in [3.63, 3.8) is 0 Å². The molecule has 0 aliphatic heterocycles. The molecule has 1 nitrogen and oxygen atoms in total. The van der Waals surface area contributed by atoms with E-state index in [1.54, 1.807) is 0 Å². The number of nitrogen functional groups attached to an aromatic ring is 1. The van der Waals surface area contributed by atoms with Crippen molar-refractivity contribution in [1.29, 1.82) is 0 Å². The predicted molar refractivity (Wildman–Crippen MR) is 63.6 cm³/mol. The first-order valence-electron chi connectivity index (χ1n) is 4.82. The Hall–Kier alpha value is -0.810.